The van der Waals surface area contributed by atoms with Gasteiger partial charge in [0.1, 0.15) is 0 Å². The highest BCUT2D eigenvalue weighted by Gasteiger charge is 2.28. The number of hydrogen-bond donors (Lipinski definition) is 1. The minimum absolute atomic E-state index is 0.0489. The Morgan fingerprint density at radius 2 is 1.76 bits per heavy atom. The minimum Gasteiger partial charge on any atom is -0.375 e. The standard InChI is InChI=1S/C26H25Cl2N5OS3/c1-16(34)33(20-7-9-32(10-8-20)13-17-5-6-21(27)22(28)11-17)37-26-31-24(15-36-26)19-4-2-3-18(12-19)23-14-35-25(29)30-23/h2-6,11-12,14-15,20H,7-10,13H2,1H3,(H2,29,30). The molecule has 0 aliphatic carbocycles. The van der Waals surface area contributed by atoms with Gasteiger partial charge in [-0.15, -0.1) is 22.7 Å². The van der Waals surface area contributed by atoms with Crippen LogP contribution in [0, 0.1) is 0 Å². The smallest absolute Gasteiger partial charge is 0.229 e. The van der Waals surface area contributed by atoms with E-state index in [0.717, 1.165) is 64.9 Å². The Balaban J connectivity index is 1.22. The van der Waals surface area contributed by atoms with E-state index < -0.39 is 0 Å². The second-order valence-corrected chi connectivity index (χ2v) is 12.6. The molecule has 6 nitrogen and oxygen atoms in total. The van der Waals surface area contributed by atoms with E-state index in [9.17, 15) is 4.79 Å². The van der Waals surface area contributed by atoms with Crippen LogP contribution in [-0.2, 0) is 11.3 Å². The summed E-state index contributed by atoms with van der Waals surface area (Å²) in [6.45, 7) is 4.27. The molecule has 11 heteroatoms. The van der Waals surface area contributed by atoms with Gasteiger partial charge in [0.15, 0.2) is 9.47 Å². The first-order valence-electron chi connectivity index (χ1n) is 11.8. The van der Waals surface area contributed by atoms with Crippen LogP contribution in [0.15, 0.2) is 57.6 Å². The molecule has 1 amide bonds. The molecule has 37 heavy (non-hydrogen) atoms. The topological polar surface area (TPSA) is 75.3 Å². The van der Waals surface area contributed by atoms with Crippen LogP contribution in [0.1, 0.15) is 25.3 Å². The van der Waals surface area contributed by atoms with Crippen LogP contribution >= 0.6 is 57.8 Å². The SMILES string of the molecule is CC(=O)N(Sc1nc(-c2cccc(-c3csc(N)n3)c2)cs1)C1CCN(Cc2ccc(Cl)c(Cl)c2)CC1. The molecule has 4 aromatic rings. The fraction of sp³-hybridized carbons (Fsp3) is 0.269. The van der Waals surface area contributed by atoms with Crippen molar-refractivity contribution in [2.75, 3.05) is 18.8 Å². The fourth-order valence-corrected chi connectivity index (χ4v) is 7.18. The number of benzene rings is 2. The molecule has 2 aromatic carbocycles. The van der Waals surface area contributed by atoms with Crippen molar-refractivity contribution >= 4 is 68.9 Å². The van der Waals surface area contributed by atoms with Crippen LogP contribution < -0.4 is 5.73 Å². The highest BCUT2D eigenvalue weighted by atomic mass is 35.5. The van der Waals surface area contributed by atoms with E-state index >= 15 is 0 Å². The number of nitrogens with two attached hydrogens (primary N) is 1. The van der Waals surface area contributed by atoms with E-state index in [2.05, 4.69) is 16.0 Å². The largest absolute Gasteiger partial charge is 0.375 e. The van der Waals surface area contributed by atoms with Crippen molar-refractivity contribution in [1.82, 2.24) is 19.2 Å². The van der Waals surface area contributed by atoms with Crippen molar-refractivity contribution in [3.05, 3.63) is 68.8 Å². The van der Waals surface area contributed by atoms with Gasteiger partial charge in [0.05, 0.1) is 21.4 Å². The number of nitrogens with zero attached hydrogens (tertiary/aromatic N) is 4. The molecular weight excluding hydrogens is 565 g/mol. The van der Waals surface area contributed by atoms with Gasteiger partial charge in [-0.1, -0.05) is 47.5 Å². The number of piperidine rings is 1. The van der Waals surface area contributed by atoms with Gasteiger partial charge in [0, 0.05) is 66.4 Å². The third kappa shape index (κ3) is 6.47. The monoisotopic (exact) mass is 589 g/mol. The third-order valence-corrected chi connectivity index (χ3v) is 9.78. The van der Waals surface area contributed by atoms with E-state index in [1.54, 1.807) is 18.3 Å². The van der Waals surface area contributed by atoms with Crippen molar-refractivity contribution in [3.63, 3.8) is 0 Å². The molecule has 0 radical (unpaired) electrons. The van der Waals surface area contributed by atoms with Gasteiger partial charge in [0.25, 0.3) is 0 Å². The second kappa shape index (κ2) is 11.7. The van der Waals surface area contributed by atoms with Crippen molar-refractivity contribution in [2.45, 2.75) is 36.7 Å². The molecule has 0 spiro atoms. The predicted molar refractivity (Wildman–Crippen MR) is 156 cm³/mol. The van der Waals surface area contributed by atoms with Gasteiger partial charge >= 0.3 is 0 Å². The number of carbonyl (C=O) groups is 1. The van der Waals surface area contributed by atoms with Crippen molar-refractivity contribution in [2.24, 2.45) is 0 Å². The maximum Gasteiger partial charge on any atom is 0.229 e. The Hall–Kier alpha value is -2.14. The number of nitrogen functional groups attached to an aromatic ring is 1. The Labute approximate surface area is 238 Å². The Bertz CT molecular complexity index is 1400. The van der Waals surface area contributed by atoms with E-state index in [4.69, 9.17) is 33.9 Å². The lowest BCUT2D eigenvalue weighted by atomic mass is 10.0. The molecule has 2 N–H and O–H groups in total. The number of thiazole rings is 2. The lowest BCUT2D eigenvalue weighted by Crippen LogP contribution is -2.43. The van der Waals surface area contributed by atoms with Gasteiger partial charge in [-0.3, -0.25) is 14.0 Å². The second-order valence-electron chi connectivity index (χ2n) is 8.84. The van der Waals surface area contributed by atoms with Crippen LogP contribution in [0.3, 0.4) is 0 Å². The lowest BCUT2D eigenvalue weighted by molar-refractivity contribution is -0.125. The quantitative estimate of drug-likeness (QED) is 0.227. The molecule has 0 bridgehead atoms. The number of hydrogen-bond acceptors (Lipinski definition) is 8. The van der Waals surface area contributed by atoms with Crippen LogP contribution in [-0.4, -0.2) is 44.2 Å². The fourth-order valence-electron chi connectivity index (χ4n) is 4.38. The van der Waals surface area contributed by atoms with Gasteiger partial charge in [-0.05, 0) is 36.6 Å². The number of amides is 1. The van der Waals surface area contributed by atoms with E-state index in [1.807, 2.05) is 51.5 Å². The molecule has 192 valence electrons. The lowest BCUT2D eigenvalue weighted by Gasteiger charge is -2.37. The van der Waals surface area contributed by atoms with E-state index in [1.165, 1.54) is 23.3 Å². The van der Waals surface area contributed by atoms with E-state index in [0.29, 0.717) is 15.2 Å². The van der Waals surface area contributed by atoms with Crippen LogP contribution in [0.2, 0.25) is 10.0 Å². The van der Waals surface area contributed by atoms with Gasteiger partial charge in [-0.25, -0.2) is 9.97 Å². The molecule has 1 fully saturated rings. The molecule has 1 saturated heterocycles. The van der Waals surface area contributed by atoms with Crippen LogP contribution in [0.25, 0.3) is 22.5 Å². The van der Waals surface area contributed by atoms with Crippen molar-refractivity contribution in [3.8, 4) is 22.5 Å². The summed E-state index contributed by atoms with van der Waals surface area (Å²) in [5.41, 5.74) is 10.7. The minimum atomic E-state index is 0.0489. The molecular formula is C26H25Cl2N5OS3. The summed E-state index contributed by atoms with van der Waals surface area (Å²) < 4.78 is 2.75. The molecule has 0 saturated carbocycles. The summed E-state index contributed by atoms with van der Waals surface area (Å²) in [7, 11) is 0. The van der Waals surface area contributed by atoms with E-state index in [-0.39, 0.29) is 11.9 Å². The molecule has 0 atom stereocenters. The molecule has 0 unspecified atom stereocenters. The summed E-state index contributed by atoms with van der Waals surface area (Å²) in [4.78, 5) is 24.2. The molecule has 2 aromatic heterocycles. The van der Waals surface area contributed by atoms with Crippen LogP contribution in [0.5, 0.6) is 0 Å². The molecule has 1 aliphatic heterocycles. The maximum absolute atomic E-state index is 12.6. The Morgan fingerprint density at radius 3 is 2.41 bits per heavy atom. The Morgan fingerprint density at radius 1 is 1.05 bits per heavy atom. The molecule has 3 heterocycles. The number of anilines is 1. The first kappa shape index (κ1) is 26.5. The number of carbonyl (C=O) groups excluding carboxylic acids is 1. The third-order valence-electron chi connectivity index (χ3n) is 6.22. The maximum atomic E-state index is 12.6. The van der Waals surface area contributed by atoms with Gasteiger partial charge in [-0.2, -0.15) is 0 Å². The number of halogens is 2. The average molecular weight is 591 g/mol. The zero-order valence-corrected chi connectivity index (χ0v) is 24.0. The first-order chi connectivity index (χ1) is 17.9. The zero-order valence-electron chi connectivity index (χ0n) is 20.1. The summed E-state index contributed by atoms with van der Waals surface area (Å²) in [5, 5.41) is 5.70. The molecule has 1 aliphatic rings. The summed E-state index contributed by atoms with van der Waals surface area (Å²) in [6.07, 6.45) is 1.82. The molecule has 5 rings (SSSR count). The number of likely N-dealkylation sites (tertiary alicyclic amines) is 1. The Kier molecular flexibility index (Phi) is 8.38. The van der Waals surface area contributed by atoms with Gasteiger partial charge < -0.3 is 5.73 Å². The first-order valence-corrected chi connectivity index (χ1v) is 15.1. The summed E-state index contributed by atoms with van der Waals surface area (Å²) >= 11 is 16.7. The number of rotatable bonds is 7. The van der Waals surface area contributed by atoms with Crippen molar-refractivity contribution in [1.29, 1.82) is 0 Å². The average Bonchev–Trinajstić information content (AvgIpc) is 3.55. The summed E-state index contributed by atoms with van der Waals surface area (Å²) in [6, 6.07) is 14.1. The van der Waals surface area contributed by atoms with Crippen LogP contribution in [0.4, 0.5) is 5.13 Å². The predicted octanol–water partition coefficient (Wildman–Crippen LogP) is 7.34. The highest BCUT2D eigenvalue weighted by Crippen LogP contribution is 2.35. The van der Waals surface area contributed by atoms with Crippen molar-refractivity contribution < 1.29 is 4.79 Å². The normalized spacial score (nSPS) is 14.7. The summed E-state index contributed by atoms with van der Waals surface area (Å²) in [5.74, 6) is 0.0489. The number of aromatic nitrogens is 2. The van der Waals surface area contributed by atoms with Gasteiger partial charge in [0.2, 0.25) is 5.91 Å². The zero-order chi connectivity index (χ0) is 25.9. The highest BCUT2D eigenvalue weighted by molar-refractivity contribution is 7.99.